The Morgan fingerprint density at radius 1 is 0.929 bits per heavy atom. The van der Waals surface area contributed by atoms with Gasteiger partial charge in [-0.25, -0.2) is 0 Å². The van der Waals surface area contributed by atoms with Gasteiger partial charge in [-0.05, 0) is 29.9 Å². The number of benzene rings is 2. The van der Waals surface area contributed by atoms with Gasteiger partial charge in [0.15, 0.2) is 0 Å². The first-order valence-corrected chi connectivity index (χ1v) is 10.5. The molecule has 4 rings (SSSR count). The number of aliphatic hydroxyl groups is 1. The van der Waals surface area contributed by atoms with E-state index in [-0.39, 0.29) is 11.8 Å². The Bertz CT molecular complexity index is 753. The first kappa shape index (κ1) is 19.2. The summed E-state index contributed by atoms with van der Waals surface area (Å²) in [7, 11) is 0. The monoisotopic (exact) mass is 378 g/mol. The number of nitrogens with zero attached hydrogens (tertiary/aromatic N) is 2. The third-order valence-corrected chi connectivity index (χ3v) is 6.37. The molecular formula is C24H30N2O2. The summed E-state index contributed by atoms with van der Waals surface area (Å²) in [5.41, 5.74) is 2.40. The van der Waals surface area contributed by atoms with E-state index >= 15 is 0 Å². The minimum Gasteiger partial charge on any atom is -0.383 e. The number of rotatable bonds is 6. The highest BCUT2D eigenvalue weighted by Crippen LogP contribution is 2.41. The first-order chi connectivity index (χ1) is 13.7. The van der Waals surface area contributed by atoms with Crippen LogP contribution in [-0.4, -0.2) is 53.1 Å². The number of aliphatic hydroxyl groups excluding tert-OH is 1. The van der Waals surface area contributed by atoms with Gasteiger partial charge in [-0.15, -0.1) is 0 Å². The van der Waals surface area contributed by atoms with Gasteiger partial charge in [0.05, 0.1) is 0 Å². The molecule has 1 aliphatic carbocycles. The van der Waals surface area contributed by atoms with Crippen molar-refractivity contribution in [2.24, 2.45) is 5.92 Å². The highest BCUT2D eigenvalue weighted by Gasteiger charge is 2.39. The fourth-order valence-corrected chi connectivity index (χ4v) is 4.50. The van der Waals surface area contributed by atoms with Crippen molar-refractivity contribution in [2.75, 3.05) is 26.2 Å². The zero-order valence-electron chi connectivity index (χ0n) is 16.4. The van der Waals surface area contributed by atoms with Gasteiger partial charge >= 0.3 is 0 Å². The Labute approximate surface area is 167 Å². The molecule has 1 N–H and O–H groups in total. The lowest BCUT2D eigenvalue weighted by Crippen LogP contribution is -2.52. The van der Waals surface area contributed by atoms with Gasteiger partial charge < -0.3 is 10.0 Å². The van der Waals surface area contributed by atoms with Crippen molar-refractivity contribution in [3.8, 4) is 0 Å². The van der Waals surface area contributed by atoms with E-state index in [1.54, 1.807) is 0 Å². The Morgan fingerprint density at radius 3 is 2.11 bits per heavy atom. The van der Waals surface area contributed by atoms with Gasteiger partial charge in [0.25, 0.3) is 5.91 Å². The number of carbonyl (C=O) groups excluding carboxylic acids is 1. The summed E-state index contributed by atoms with van der Waals surface area (Å²) in [6.07, 6.45) is 2.48. The van der Waals surface area contributed by atoms with Crippen LogP contribution in [0.5, 0.6) is 0 Å². The standard InChI is InChI=1S/C24H30N2O2/c27-23(22(21-12-7-13-21)20-10-5-2-6-11-20)24(28)26-16-14-25(15-17-26)18-19-8-3-1-4-9-19/h1-6,8-11,21-23,27H,7,12-18H2. The molecular weight excluding hydrogens is 348 g/mol. The van der Waals surface area contributed by atoms with E-state index in [1.165, 1.54) is 12.0 Å². The van der Waals surface area contributed by atoms with Gasteiger partial charge in [-0.2, -0.15) is 0 Å². The average Bonchev–Trinajstić information content (AvgIpc) is 2.71. The maximum Gasteiger partial charge on any atom is 0.252 e. The van der Waals surface area contributed by atoms with E-state index in [2.05, 4.69) is 41.3 Å². The zero-order chi connectivity index (χ0) is 19.3. The molecule has 148 valence electrons. The second kappa shape index (κ2) is 8.89. The quantitative estimate of drug-likeness (QED) is 0.839. The third kappa shape index (κ3) is 4.29. The normalized spacial score (nSPS) is 20.4. The topological polar surface area (TPSA) is 43.8 Å². The largest absolute Gasteiger partial charge is 0.383 e. The van der Waals surface area contributed by atoms with Gasteiger partial charge in [0.2, 0.25) is 0 Å². The van der Waals surface area contributed by atoms with Crippen LogP contribution in [0.25, 0.3) is 0 Å². The Kier molecular flexibility index (Phi) is 6.08. The molecule has 1 aliphatic heterocycles. The van der Waals surface area contributed by atoms with Crippen molar-refractivity contribution in [3.05, 3.63) is 71.8 Å². The molecule has 2 aromatic rings. The molecule has 4 nitrogen and oxygen atoms in total. The van der Waals surface area contributed by atoms with E-state index in [9.17, 15) is 9.90 Å². The summed E-state index contributed by atoms with van der Waals surface area (Å²) < 4.78 is 0. The Morgan fingerprint density at radius 2 is 1.54 bits per heavy atom. The van der Waals surface area contributed by atoms with Gasteiger partial charge in [-0.3, -0.25) is 9.69 Å². The molecule has 2 fully saturated rings. The highest BCUT2D eigenvalue weighted by atomic mass is 16.3. The zero-order valence-corrected chi connectivity index (χ0v) is 16.4. The summed E-state index contributed by atoms with van der Waals surface area (Å²) in [4.78, 5) is 17.3. The van der Waals surface area contributed by atoms with Crippen molar-refractivity contribution >= 4 is 5.91 Å². The third-order valence-electron chi connectivity index (χ3n) is 6.37. The van der Waals surface area contributed by atoms with Crippen LogP contribution in [0.4, 0.5) is 0 Å². The molecule has 1 amide bonds. The molecule has 28 heavy (non-hydrogen) atoms. The van der Waals surface area contributed by atoms with Crippen LogP contribution in [0.15, 0.2) is 60.7 Å². The summed E-state index contributed by atoms with van der Waals surface area (Å²) in [5, 5.41) is 11.0. The van der Waals surface area contributed by atoms with Crippen LogP contribution in [0, 0.1) is 5.92 Å². The highest BCUT2D eigenvalue weighted by molar-refractivity contribution is 5.82. The summed E-state index contributed by atoms with van der Waals surface area (Å²) in [6.45, 7) is 4.00. The number of hydrogen-bond donors (Lipinski definition) is 1. The van der Waals surface area contributed by atoms with E-state index in [4.69, 9.17) is 0 Å². The second-order valence-corrected chi connectivity index (χ2v) is 8.16. The molecule has 0 spiro atoms. The lowest BCUT2D eigenvalue weighted by Gasteiger charge is -2.40. The predicted octanol–water partition coefficient (Wildman–Crippen LogP) is 3.28. The van der Waals surface area contributed by atoms with E-state index in [0.717, 1.165) is 38.0 Å². The smallest absolute Gasteiger partial charge is 0.252 e. The fraction of sp³-hybridized carbons (Fsp3) is 0.458. The SMILES string of the molecule is O=C(C(O)C(c1ccccc1)C1CCC1)N1CCN(Cc2ccccc2)CC1. The average molecular weight is 379 g/mol. The van der Waals surface area contributed by atoms with Crippen LogP contribution in [0.3, 0.4) is 0 Å². The van der Waals surface area contributed by atoms with Gasteiger partial charge in [0.1, 0.15) is 6.10 Å². The van der Waals surface area contributed by atoms with Gasteiger partial charge in [-0.1, -0.05) is 67.1 Å². The molecule has 1 heterocycles. The van der Waals surface area contributed by atoms with Crippen molar-refractivity contribution in [1.82, 2.24) is 9.80 Å². The molecule has 0 aromatic heterocycles. The molecule has 2 aliphatic rings. The number of piperazine rings is 1. The van der Waals surface area contributed by atoms with Crippen molar-refractivity contribution in [3.63, 3.8) is 0 Å². The van der Waals surface area contributed by atoms with Crippen LogP contribution in [-0.2, 0) is 11.3 Å². The maximum absolute atomic E-state index is 13.1. The van der Waals surface area contributed by atoms with Crippen molar-refractivity contribution in [2.45, 2.75) is 37.8 Å². The molecule has 1 saturated carbocycles. The first-order valence-electron chi connectivity index (χ1n) is 10.5. The van der Waals surface area contributed by atoms with Crippen LogP contribution < -0.4 is 0 Å². The molecule has 0 bridgehead atoms. The molecule has 1 saturated heterocycles. The molecule has 4 heteroatoms. The number of hydrogen-bond acceptors (Lipinski definition) is 3. The van der Waals surface area contributed by atoms with E-state index in [1.807, 2.05) is 29.2 Å². The molecule has 2 atom stereocenters. The Balaban J connectivity index is 1.37. The van der Waals surface area contributed by atoms with Crippen LogP contribution >= 0.6 is 0 Å². The predicted molar refractivity (Wildman–Crippen MR) is 111 cm³/mol. The van der Waals surface area contributed by atoms with Crippen molar-refractivity contribution in [1.29, 1.82) is 0 Å². The summed E-state index contributed by atoms with van der Waals surface area (Å²) in [6, 6.07) is 20.5. The lowest BCUT2D eigenvalue weighted by atomic mass is 9.70. The Hall–Kier alpha value is -2.17. The van der Waals surface area contributed by atoms with E-state index in [0.29, 0.717) is 19.0 Å². The maximum atomic E-state index is 13.1. The lowest BCUT2D eigenvalue weighted by molar-refractivity contribution is -0.144. The fourth-order valence-electron chi connectivity index (χ4n) is 4.50. The summed E-state index contributed by atoms with van der Waals surface area (Å²) in [5.74, 6) is 0.241. The van der Waals surface area contributed by atoms with Gasteiger partial charge in [0, 0.05) is 38.6 Å². The molecule has 2 unspecified atom stereocenters. The number of amides is 1. The molecule has 0 radical (unpaired) electrons. The second-order valence-electron chi connectivity index (χ2n) is 8.16. The summed E-state index contributed by atoms with van der Waals surface area (Å²) >= 11 is 0. The minimum atomic E-state index is -0.937. The minimum absolute atomic E-state index is 0.0789. The van der Waals surface area contributed by atoms with Crippen LogP contribution in [0.2, 0.25) is 0 Å². The van der Waals surface area contributed by atoms with Crippen LogP contribution in [0.1, 0.15) is 36.3 Å². The van der Waals surface area contributed by atoms with E-state index < -0.39 is 6.10 Å². The number of carbonyl (C=O) groups is 1. The molecule has 2 aromatic carbocycles. The van der Waals surface area contributed by atoms with Crippen molar-refractivity contribution < 1.29 is 9.90 Å².